The van der Waals surface area contributed by atoms with Gasteiger partial charge in [0, 0.05) is 18.2 Å². The molecule has 0 spiro atoms. The summed E-state index contributed by atoms with van der Waals surface area (Å²) in [5.41, 5.74) is 3.21. The molecular weight excluding hydrogens is 395 g/mol. The quantitative estimate of drug-likeness (QED) is 0.636. The fourth-order valence-electron chi connectivity index (χ4n) is 4.11. The van der Waals surface area contributed by atoms with Gasteiger partial charge in [0.25, 0.3) is 5.78 Å². The predicted molar refractivity (Wildman–Crippen MR) is 106 cm³/mol. The smallest absolute Gasteiger partial charge is 0.433 e. The van der Waals surface area contributed by atoms with Crippen molar-refractivity contribution in [3.8, 4) is 5.75 Å². The Labute approximate surface area is 172 Å². The summed E-state index contributed by atoms with van der Waals surface area (Å²) in [5.74, 6) is 0.847. The van der Waals surface area contributed by atoms with Gasteiger partial charge in [-0.2, -0.15) is 27.8 Å². The highest BCUT2D eigenvalue weighted by Crippen LogP contribution is 2.34. The fourth-order valence-corrected chi connectivity index (χ4v) is 4.11. The number of likely N-dealkylation sites (tertiary alicyclic amines) is 1. The Kier molecular flexibility index (Phi) is 5.40. The molecule has 1 fully saturated rings. The number of rotatable bonds is 4. The van der Waals surface area contributed by atoms with E-state index in [2.05, 4.69) is 39.9 Å². The summed E-state index contributed by atoms with van der Waals surface area (Å²) in [4.78, 5) is 10.6. The van der Waals surface area contributed by atoms with Gasteiger partial charge in [-0.3, -0.25) is 4.90 Å². The van der Waals surface area contributed by atoms with E-state index >= 15 is 0 Å². The highest BCUT2D eigenvalue weighted by molar-refractivity contribution is 5.43. The van der Waals surface area contributed by atoms with Gasteiger partial charge in [0.05, 0.1) is 7.11 Å². The van der Waals surface area contributed by atoms with Crippen LogP contribution in [0.5, 0.6) is 5.75 Å². The molecular formula is C21H24F3N5O. The molecule has 0 saturated carbocycles. The average Bonchev–Trinajstić information content (AvgIpc) is 3.19. The number of halogens is 3. The number of nitrogens with zero attached hydrogens (tertiary/aromatic N) is 5. The first-order valence-electron chi connectivity index (χ1n) is 9.91. The maximum Gasteiger partial charge on any atom is 0.433 e. The molecule has 3 aromatic rings. The lowest BCUT2D eigenvalue weighted by atomic mass is 9.92. The highest BCUT2D eigenvalue weighted by Gasteiger charge is 2.36. The number of aromatic nitrogens is 4. The van der Waals surface area contributed by atoms with Gasteiger partial charge in [0.15, 0.2) is 5.69 Å². The number of alkyl halides is 3. The van der Waals surface area contributed by atoms with Crippen molar-refractivity contribution >= 4 is 5.78 Å². The summed E-state index contributed by atoms with van der Waals surface area (Å²) >= 11 is 0. The van der Waals surface area contributed by atoms with Crippen LogP contribution in [0.3, 0.4) is 0 Å². The normalized spacial score (nSPS) is 16.3. The summed E-state index contributed by atoms with van der Waals surface area (Å²) < 4.78 is 46.5. The lowest BCUT2D eigenvalue weighted by Gasteiger charge is -2.32. The minimum absolute atomic E-state index is 0.00779. The molecule has 30 heavy (non-hydrogen) atoms. The van der Waals surface area contributed by atoms with Crippen LogP contribution in [0.4, 0.5) is 13.2 Å². The van der Waals surface area contributed by atoms with Crippen LogP contribution in [0.2, 0.25) is 0 Å². The van der Waals surface area contributed by atoms with E-state index in [-0.39, 0.29) is 11.7 Å². The number of piperidine rings is 1. The Morgan fingerprint density at radius 1 is 1.13 bits per heavy atom. The number of fused-ring (bicyclic) bond motifs is 1. The van der Waals surface area contributed by atoms with E-state index < -0.39 is 11.9 Å². The number of hydrogen-bond donors (Lipinski definition) is 0. The number of benzene rings is 1. The van der Waals surface area contributed by atoms with Gasteiger partial charge in [0.1, 0.15) is 12.1 Å². The lowest BCUT2D eigenvalue weighted by Crippen LogP contribution is -2.33. The van der Waals surface area contributed by atoms with Crippen LogP contribution in [0.25, 0.3) is 5.78 Å². The monoisotopic (exact) mass is 419 g/mol. The Bertz CT molecular complexity index is 1050. The van der Waals surface area contributed by atoms with Crippen molar-refractivity contribution in [1.82, 2.24) is 24.5 Å². The van der Waals surface area contributed by atoms with Crippen molar-refractivity contribution in [2.45, 2.75) is 45.3 Å². The van der Waals surface area contributed by atoms with E-state index in [1.54, 1.807) is 7.11 Å². The molecule has 1 aromatic carbocycles. The molecule has 160 valence electrons. The highest BCUT2D eigenvalue weighted by atomic mass is 19.4. The van der Waals surface area contributed by atoms with Crippen molar-refractivity contribution in [2.75, 3.05) is 20.2 Å². The molecule has 1 aliphatic heterocycles. The van der Waals surface area contributed by atoms with Crippen LogP contribution >= 0.6 is 0 Å². The molecule has 0 amide bonds. The predicted octanol–water partition coefficient (Wildman–Crippen LogP) is 4.15. The molecule has 3 heterocycles. The Balaban J connectivity index is 1.48. The summed E-state index contributed by atoms with van der Waals surface area (Å²) in [5, 5.41) is 3.66. The maximum absolute atomic E-state index is 13.4. The second-order valence-electron chi connectivity index (χ2n) is 7.76. The molecule has 0 aliphatic carbocycles. The van der Waals surface area contributed by atoms with Crippen molar-refractivity contribution in [3.63, 3.8) is 0 Å². The first-order chi connectivity index (χ1) is 14.3. The summed E-state index contributed by atoms with van der Waals surface area (Å²) in [7, 11) is 1.67. The molecule has 2 aromatic heterocycles. The third kappa shape index (κ3) is 3.86. The van der Waals surface area contributed by atoms with E-state index in [0.29, 0.717) is 5.69 Å². The van der Waals surface area contributed by atoms with Crippen LogP contribution in [-0.4, -0.2) is 44.7 Å². The van der Waals surface area contributed by atoms with Gasteiger partial charge in [-0.25, -0.2) is 4.98 Å². The zero-order valence-electron chi connectivity index (χ0n) is 17.2. The van der Waals surface area contributed by atoms with Gasteiger partial charge >= 0.3 is 6.18 Å². The van der Waals surface area contributed by atoms with Crippen LogP contribution in [0, 0.1) is 13.8 Å². The van der Waals surface area contributed by atoms with E-state index in [1.807, 2.05) is 6.07 Å². The zero-order chi connectivity index (χ0) is 21.5. The second-order valence-corrected chi connectivity index (χ2v) is 7.76. The molecule has 0 bridgehead atoms. The lowest BCUT2D eigenvalue weighted by molar-refractivity contribution is -0.142. The minimum Gasteiger partial charge on any atom is -0.496 e. The SMILES string of the molecule is COc1ccc(CN2CCC(c3cc(C(F)(F)F)n4ncnc4n3)CC2)c(C)c1C. The molecule has 0 atom stereocenters. The number of hydrogen-bond acceptors (Lipinski definition) is 5. The van der Waals surface area contributed by atoms with E-state index in [0.717, 1.165) is 60.7 Å². The molecule has 0 N–H and O–H groups in total. The molecule has 6 nitrogen and oxygen atoms in total. The van der Waals surface area contributed by atoms with E-state index in [4.69, 9.17) is 4.74 Å². The van der Waals surface area contributed by atoms with Crippen molar-refractivity contribution in [3.05, 3.63) is 52.6 Å². The topological polar surface area (TPSA) is 55.6 Å². The first-order valence-corrected chi connectivity index (χ1v) is 9.91. The van der Waals surface area contributed by atoms with Gasteiger partial charge in [-0.1, -0.05) is 6.07 Å². The third-order valence-corrected chi connectivity index (χ3v) is 6.03. The Morgan fingerprint density at radius 3 is 2.53 bits per heavy atom. The number of ether oxygens (including phenoxy) is 1. The van der Waals surface area contributed by atoms with Crippen LogP contribution in [0.15, 0.2) is 24.5 Å². The molecule has 0 radical (unpaired) electrons. The average molecular weight is 419 g/mol. The number of methoxy groups -OCH3 is 1. The summed E-state index contributed by atoms with van der Waals surface area (Å²) in [6.07, 6.45) is -1.90. The zero-order valence-corrected chi connectivity index (χ0v) is 17.2. The van der Waals surface area contributed by atoms with E-state index in [9.17, 15) is 13.2 Å². The van der Waals surface area contributed by atoms with Crippen molar-refractivity contribution in [2.24, 2.45) is 0 Å². The largest absolute Gasteiger partial charge is 0.496 e. The van der Waals surface area contributed by atoms with Crippen molar-refractivity contribution in [1.29, 1.82) is 0 Å². The van der Waals surface area contributed by atoms with Gasteiger partial charge in [0.2, 0.25) is 0 Å². The minimum atomic E-state index is -4.51. The molecule has 1 aliphatic rings. The Morgan fingerprint density at radius 2 is 1.87 bits per heavy atom. The third-order valence-electron chi connectivity index (χ3n) is 6.03. The van der Waals surface area contributed by atoms with Crippen LogP contribution in [-0.2, 0) is 12.7 Å². The molecule has 4 rings (SSSR count). The van der Waals surface area contributed by atoms with Crippen LogP contribution in [0.1, 0.15) is 46.8 Å². The Hall–Kier alpha value is -2.68. The maximum atomic E-state index is 13.4. The summed E-state index contributed by atoms with van der Waals surface area (Å²) in [6.45, 7) is 6.56. The first kappa shape index (κ1) is 20.6. The van der Waals surface area contributed by atoms with Gasteiger partial charge in [-0.15, -0.1) is 0 Å². The second kappa shape index (κ2) is 7.86. The van der Waals surface area contributed by atoms with Crippen LogP contribution < -0.4 is 4.74 Å². The molecule has 0 unspecified atom stereocenters. The van der Waals surface area contributed by atoms with E-state index in [1.165, 1.54) is 11.1 Å². The fraction of sp³-hybridized carbons (Fsp3) is 0.476. The standard InChI is InChI=1S/C21H24F3N5O/c1-13-14(2)18(30-3)5-4-16(13)11-28-8-6-15(7-9-28)17-10-19(21(22,23)24)29-20(27-17)25-12-26-29/h4-5,10,12,15H,6-9,11H2,1-3H3. The summed E-state index contributed by atoms with van der Waals surface area (Å²) in [6, 6.07) is 5.20. The molecule has 1 saturated heterocycles. The van der Waals surface area contributed by atoms with Gasteiger partial charge in [-0.05, 0) is 68.6 Å². The molecule has 9 heteroatoms. The van der Waals surface area contributed by atoms with Crippen molar-refractivity contribution < 1.29 is 17.9 Å². The van der Waals surface area contributed by atoms with Gasteiger partial charge < -0.3 is 4.74 Å².